The third kappa shape index (κ3) is 3.86. The maximum Gasteiger partial charge on any atom is 0.200 e. The van der Waals surface area contributed by atoms with Gasteiger partial charge in [-0.25, -0.2) is 0 Å². The normalized spacial score (nSPS) is 11.3. The van der Waals surface area contributed by atoms with Crippen molar-refractivity contribution in [3.8, 4) is 5.69 Å². The van der Waals surface area contributed by atoms with Crippen LogP contribution in [0.15, 0.2) is 36.8 Å². The SMILES string of the molecule is Cc1nn(Cc2n[nH]c(=S)n2-c2cnn(Cc3ccc(Cl)cc3Cl)c2)cc1Cl. The van der Waals surface area contributed by atoms with Gasteiger partial charge in [-0.1, -0.05) is 40.9 Å². The van der Waals surface area contributed by atoms with E-state index in [1.165, 1.54) is 0 Å². The summed E-state index contributed by atoms with van der Waals surface area (Å²) in [4.78, 5) is 0. The molecule has 3 aromatic heterocycles. The van der Waals surface area contributed by atoms with Gasteiger partial charge >= 0.3 is 0 Å². The van der Waals surface area contributed by atoms with Gasteiger partial charge in [0, 0.05) is 22.4 Å². The van der Waals surface area contributed by atoms with Crippen LogP contribution in [0.1, 0.15) is 17.1 Å². The molecule has 7 nitrogen and oxygen atoms in total. The number of nitrogens with zero attached hydrogens (tertiary/aromatic N) is 6. The molecular weight excluding hydrogens is 441 g/mol. The first kappa shape index (κ1) is 19.2. The minimum atomic E-state index is 0.412. The van der Waals surface area contributed by atoms with Crippen LogP contribution in [0.5, 0.6) is 0 Å². The van der Waals surface area contributed by atoms with E-state index >= 15 is 0 Å². The molecule has 0 aliphatic heterocycles. The lowest BCUT2D eigenvalue weighted by molar-refractivity contribution is 0.638. The minimum absolute atomic E-state index is 0.412. The molecule has 3 heterocycles. The van der Waals surface area contributed by atoms with E-state index in [4.69, 9.17) is 47.0 Å². The highest BCUT2D eigenvalue weighted by Crippen LogP contribution is 2.22. The first-order valence-corrected chi connectivity index (χ1v) is 9.77. The maximum atomic E-state index is 6.26. The van der Waals surface area contributed by atoms with Crippen molar-refractivity contribution in [1.82, 2.24) is 34.3 Å². The Balaban J connectivity index is 1.62. The van der Waals surface area contributed by atoms with Crippen LogP contribution in [-0.4, -0.2) is 34.3 Å². The van der Waals surface area contributed by atoms with Crippen molar-refractivity contribution in [3.63, 3.8) is 0 Å². The molecule has 1 N–H and O–H groups in total. The molecule has 0 fully saturated rings. The topological polar surface area (TPSA) is 69.2 Å². The summed E-state index contributed by atoms with van der Waals surface area (Å²) in [6.45, 7) is 2.77. The summed E-state index contributed by atoms with van der Waals surface area (Å²) >= 11 is 23.7. The van der Waals surface area contributed by atoms with Crippen molar-refractivity contribution in [2.24, 2.45) is 0 Å². The minimum Gasteiger partial charge on any atom is -0.267 e. The average Bonchev–Trinajstić information content (AvgIpc) is 3.31. The summed E-state index contributed by atoms with van der Waals surface area (Å²) in [7, 11) is 0. The zero-order valence-corrected chi connectivity index (χ0v) is 17.7. The van der Waals surface area contributed by atoms with Crippen LogP contribution in [0.3, 0.4) is 0 Å². The van der Waals surface area contributed by atoms with Crippen molar-refractivity contribution in [2.75, 3.05) is 0 Å². The molecule has 0 unspecified atom stereocenters. The molecule has 0 atom stereocenters. The van der Waals surface area contributed by atoms with E-state index in [1.54, 1.807) is 33.9 Å². The first-order chi connectivity index (χ1) is 13.4. The summed E-state index contributed by atoms with van der Waals surface area (Å²) in [6, 6.07) is 5.39. The van der Waals surface area contributed by atoms with Gasteiger partial charge in [0.15, 0.2) is 10.6 Å². The zero-order valence-electron chi connectivity index (χ0n) is 14.6. The van der Waals surface area contributed by atoms with E-state index < -0.39 is 0 Å². The van der Waals surface area contributed by atoms with Gasteiger partial charge in [0.25, 0.3) is 0 Å². The lowest BCUT2D eigenvalue weighted by atomic mass is 10.2. The highest BCUT2D eigenvalue weighted by atomic mass is 35.5. The van der Waals surface area contributed by atoms with Crippen LogP contribution >= 0.6 is 47.0 Å². The highest BCUT2D eigenvalue weighted by Gasteiger charge is 2.13. The van der Waals surface area contributed by atoms with Gasteiger partial charge in [-0.05, 0) is 36.8 Å². The molecule has 0 saturated carbocycles. The van der Waals surface area contributed by atoms with E-state index in [-0.39, 0.29) is 0 Å². The van der Waals surface area contributed by atoms with Crippen LogP contribution in [0.4, 0.5) is 0 Å². The Morgan fingerprint density at radius 2 is 1.89 bits per heavy atom. The molecule has 0 radical (unpaired) electrons. The summed E-state index contributed by atoms with van der Waals surface area (Å²) in [6.07, 6.45) is 5.35. The molecule has 0 amide bonds. The first-order valence-electron chi connectivity index (χ1n) is 8.23. The van der Waals surface area contributed by atoms with Crippen LogP contribution in [0, 0.1) is 11.7 Å². The van der Waals surface area contributed by atoms with Crippen molar-refractivity contribution < 1.29 is 0 Å². The van der Waals surface area contributed by atoms with Crippen LogP contribution in [0.25, 0.3) is 5.69 Å². The number of hydrogen-bond acceptors (Lipinski definition) is 4. The van der Waals surface area contributed by atoms with Gasteiger partial charge in [0.1, 0.15) is 6.54 Å². The molecule has 0 aliphatic carbocycles. The Labute approximate surface area is 180 Å². The highest BCUT2D eigenvalue weighted by molar-refractivity contribution is 7.71. The summed E-state index contributed by atoms with van der Waals surface area (Å²) < 4.78 is 5.77. The van der Waals surface area contributed by atoms with E-state index in [2.05, 4.69) is 20.4 Å². The lowest BCUT2D eigenvalue weighted by Crippen LogP contribution is -2.08. The Hall–Kier alpha value is -2.13. The number of rotatable bonds is 5. The largest absolute Gasteiger partial charge is 0.267 e. The van der Waals surface area contributed by atoms with Crippen molar-refractivity contribution in [2.45, 2.75) is 20.0 Å². The fourth-order valence-electron chi connectivity index (χ4n) is 2.80. The van der Waals surface area contributed by atoms with Gasteiger partial charge in [-0.15, -0.1) is 0 Å². The zero-order chi connectivity index (χ0) is 19.8. The lowest BCUT2D eigenvalue weighted by Gasteiger charge is -2.06. The number of aromatic amines is 1. The molecule has 144 valence electrons. The number of benzene rings is 1. The fourth-order valence-corrected chi connectivity index (χ4v) is 3.68. The summed E-state index contributed by atoms with van der Waals surface area (Å²) in [5, 5.41) is 17.7. The third-order valence-corrected chi connectivity index (χ3v) is 5.39. The quantitative estimate of drug-likeness (QED) is 0.444. The smallest absolute Gasteiger partial charge is 0.200 e. The maximum absolute atomic E-state index is 6.26. The van der Waals surface area contributed by atoms with E-state index in [0.717, 1.165) is 16.9 Å². The summed E-state index contributed by atoms with van der Waals surface area (Å²) in [5.41, 5.74) is 2.46. The average molecular weight is 455 g/mol. The summed E-state index contributed by atoms with van der Waals surface area (Å²) in [5.74, 6) is 0.688. The second-order valence-electron chi connectivity index (χ2n) is 6.17. The molecule has 4 aromatic rings. The van der Waals surface area contributed by atoms with Gasteiger partial charge in [-0.3, -0.25) is 19.0 Å². The van der Waals surface area contributed by atoms with Gasteiger partial charge in [-0.2, -0.15) is 15.3 Å². The molecule has 0 aliphatic rings. The predicted molar refractivity (Wildman–Crippen MR) is 111 cm³/mol. The third-order valence-electron chi connectivity index (χ3n) is 4.16. The van der Waals surface area contributed by atoms with Crippen LogP contribution in [0.2, 0.25) is 15.1 Å². The molecule has 0 saturated heterocycles. The van der Waals surface area contributed by atoms with Crippen molar-refractivity contribution >= 4 is 47.0 Å². The number of H-pyrrole nitrogens is 1. The van der Waals surface area contributed by atoms with Gasteiger partial charge in [0.2, 0.25) is 0 Å². The Morgan fingerprint density at radius 3 is 2.61 bits per heavy atom. The fraction of sp³-hybridized carbons (Fsp3) is 0.176. The van der Waals surface area contributed by atoms with Crippen LogP contribution < -0.4 is 0 Å². The number of nitrogens with one attached hydrogen (secondary N) is 1. The van der Waals surface area contributed by atoms with Gasteiger partial charge in [0.05, 0.1) is 29.1 Å². The standard InChI is InChI=1S/C17H14Cl3N7S/c1-10-15(20)8-26(24-10)9-16-22-23-17(28)27(16)13-5-21-25(7-13)6-11-2-3-12(18)4-14(11)19/h2-5,7-8H,6,9H2,1H3,(H,23,28). The number of aromatic nitrogens is 7. The Bertz CT molecular complexity index is 1180. The molecule has 0 spiro atoms. The monoisotopic (exact) mass is 453 g/mol. The van der Waals surface area contributed by atoms with Crippen LogP contribution in [-0.2, 0) is 13.1 Å². The predicted octanol–water partition coefficient (Wildman–Crippen LogP) is 4.69. The number of aryl methyl sites for hydroxylation is 1. The van der Waals surface area contributed by atoms with Gasteiger partial charge < -0.3 is 0 Å². The molecule has 1 aromatic carbocycles. The number of halogens is 3. The molecule has 28 heavy (non-hydrogen) atoms. The Kier molecular flexibility index (Phi) is 5.29. The van der Waals surface area contributed by atoms with Crippen molar-refractivity contribution in [1.29, 1.82) is 0 Å². The van der Waals surface area contributed by atoms with E-state index in [0.29, 0.717) is 38.8 Å². The molecule has 11 heteroatoms. The molecule has 4 rings (SSSR count). The van der Waals surface area contributed by atoms with Crippen molar-refractivity contribution in [3.05, 3.63) is 73.7 Å². The van der Waals surface area contributed by atoms with E-state index in [9.17, 15) is 0 Å². The second kappa shape index (κ2) is 7.71. The second-order valence-corrected chi connectivity index (χ2v) is 7.81. The number of hydrogen-bond donors (Lipinski definition) is 1. The van der Waals surface area contributed by atoms with E-state index in [1.807, 2.05) is 23.8 Å². The Morgan fingerprint density at radius 1 is 1.07 bits per heavy atom. The molecular formula is C17H14Cl3N7S. The molecule has 0 bridgehead atoms.